The van der Waals surface area contributed by atoms with Gasteiger partial charge in [-0.3, -0.25) is 13.9 Å². The third kappa shape index (κ3) is 8.35. The molecule has 2 aromatic carbocycles. The first-order valence-corrected chi connectivity index (χ1v) is 13.8. The van der Waals surface area contributed by atoms with Crippen molar-refractivity contribution in [2.75, 3.05) is 23.7 Å². The standard InChI is InChI=1S/C26H36FN3O4S/c1-5-17-28-26(32)24(6-2)29(19-21-11-8-7-10-20(21)3)25(31)12-9-18-30(35(4,33)34)23-15-13-22(27)14-16-23/h7-8,10-11,13-16,24H,5-6,9,12,17-19H2,1-4H3,(H,28,32)/t24-/m0/s1. The molecule has 0 radical (unpaired) electrons. The molecule has 7 nitrogen and oxygen atoms in total. The van der Waals surface area contributed by atoms with E-state index in [9.17, 15) is 22.4 Å². The Kier molecular flexibility index (Phi) is 10.7. The Morgan fingerprint density at radius 2 is 1.71 bits per heavy atom. The fraction of sp³-hybridized carbons (Fsp3) is 0.462. The lowest BCUT2D eigenvalue weighted by Gasteiger charge is -2.31. The molecule has 0 heterocycles. The lowest BCUT2D eigenvalue weighted by Crippen LogP contribution is -2.49. The number of carbonyl (C=O) groups is 2. The van der Waals surface area contributed by atoms with Gasteiger partial charge < -0.3 is 10.2 Å². The van der Waals surface area contributed by atoms with Gasteiger partial charge in [0.1, 0.15) is 11.9 Å². The second-order valence-electron chi connectivity index (χ2n) is 8.58. The second-order valence-corrected chi connectivity index (χ2v) is 10.5. The van der Waals surface area contributed by atoms with E-state index in [1.807, 2.05) is 45.0 Å². The van der Waals surface area contributed by atoms with Gasteiger partial charge in [0.05, 0.1) is 11.9 Å². The van der Waals surface area contributed by atoms with Gasteiger partial charge in [-0.1, -0.05) is 38.1 Å². The van der Waals surface area contributed by atoms with E-state index >= 15 is 0 Å². The van der Waals surface area contributed by atoms with Gasteiger partial charge in [0.25, 0.3) is 0 Å². The van der Waals surface area contributed by atoms with E-state index in [1.165, 1.54) is 24.3 Å². The summed E-state index contributed by atoms with van der Waals surface area (Å²) in [4.78, 5) is 27.8. The summed E-state index contributed by atoms with van der Waals surface area (Å²) >= 11 is 0. The zero-order valence-corrected chi connectivity index (χ0v) is 21.8. The van der Waals surface area contributed by atoms with Gasteiger partial charge in [-0.25, -0.2) is 12.8 Å². The predicted octanol–water partition coefficient (Wildman–Crippen LogP) is 4.01. The molecular formula is C26H36FN3O4S. The van der Waals surface area contributed by atoms with Crippen LogP contribution in [0.2, 0.25) is 0 Å². The molecular weight excluding hydrogens is 469 g/mol. The summed E-state index contributed by atoms with van der Waals surface area (Å²) in [5.41, 5.74) is 2.31. The van der Waals surface area contributed by atoms with Crippen molar-refractivity contribution < 1.29 is 22.4 Å². The van der Waals surface area contributed by atoms with Gasteiger partial charge in [0.15, 0.2) is 0 Å². The second kappa shape index (κ2) is 13.2. The molecule has 2 rings (SSSR count). The number of nitrogens with zero attached hydrogens (tertiary/aromatic N) is 2. The molecule has 0 aliphatic carbocycles. The van der Waals surface area contributed by atoms with Crippen molar-refractivity contribution in [3.05, 3.63) is 65.5 Å². The minimum absolute atomic E-state index is 0.0627. The van der Waals surface area contributed by atoms with E-state index < -0.39 is 21.9 Å². The third-order valence-corrected chi connectivity index (χ3v) is 7.00. The maximum Gasteiger partial charge on any atom is 0.242 e. The average Bonchev–Trinajstić information content (AvgIpc) is 2.81. The summed E-state index contributed by atoms with van der Waals surface area (Å²) in [5, 5.41) is 2.89. The SMILES string of the molecule is CCCNC(=O)[C@H](CC)N(Cc1ccccc1C)C(=O)CCCN(c1ccc(F)cc1)S(C)(=O)=O. The zero-order chi connectivity index (χ0) is 26.0. The van der Waals surface area contributed by atoms with Crippen LogP contribution in [0.4, 0.5) is 10.1 Å². The van der Waals surface area contributed by atoms with Crippen molar-refractivity contribution in [1.82, 2.24) is 10.2 Å². The number of nitrogens with one attached hydrogen (secondary N) is 1. The molecule has 35 heavy (non-hydrogen) atoms. The molecule has 0 aliphatic heterocycles. The highest BCUT2D eigenvalue weighted by Gasteiger charge is 2.29. The van der Waals surface area contributed by atoms with Crippen LogP contribution < -0.4 is 9.62 Å². The van der Waals surface area contributed by atoms with Crippen molar-refractivity contribution in [2.24, 2.45) is 0 Å². The maximum atomic E-state index is 13.4. The Morgan fingerprint density at radius 3 is 2.29 bits per heavy atom. The van der Waals surface area contributed by atoms with Gasteiger partial charge in [-0.05, 0) is 61.6 Å². The van der Waals surface area contributed by atoms with Crippen LogP contribution in [0.15, 0.2) is 48.5 Å². The first-order valence-electron chi connectivity index (χ1n) is 11.9. The number of carbonyl (C=O) groups excluding carboxylic acids is 2. The number of anilines is 1. The van der Waals surface area contributed by atoms with Gasteiger partial charge in [-0.15, -0.1) is 0 Å². The maximum absolute atomic E-state index is 13.4. The van der Waals surface area contributed by atoms with Gasteiger partial charge in [0.2, 0.25) is 21.8 Å². The minimum atomic E-state index is -3.63. The quantitative estimate of drug-likeness (QED) is 0.446. The Balaban J connectivity index is 2.20. The number of aryl methyl sites for hydroxylation is 1. The zero-order valence-electron chi connectivity index (χ0n) is 21.0. The molecule has 192 valence electrons. The molecule has 1 atom stereocenters. The highest BCUT2D eigenvalue weighted by Crippen LogP contribution is 2.20. The topological polar surface area (TPSA) is 86.8 Å². The molecule has 0 saturated heterocycles. The molecule has 0 aliphatic rings. The number of sulfonamides is 1. The molecule has 0 aromatic heterocycles. The number of halogens is 1. The van der Waals surface area contributed by atoms with Crippen LogP contribution >= 0.6 is 0 Å². The van der Waals surface area contributed by atoms with Crippen molar-refractivity contribution in [2.45, 2.75) is 59.0 Å². The average molecular weight is 506 g/mol. The fourth-order valence-electron chi connectivity index (χ4n) is 3.87. The lowest BCUT2D eigenvalue weighted by molar-refractivity contribution is -0.141. The number of hydrogen-bond acceptors (Lipinski definition) is 4. The summed E-state index contributed by atoms with van der Waals surface area (Å²) in [6.45, 7) is 6.68. The monoisotopic (exact) mass is 505 g/mol. The first-order chi connectivity index (χ1) is 16.6. The molecule has 0 spiro atoms. The van der Waals surface area contributed by atoms with E-state index in [1.54, 1.807) is 4.90 Å². The normalized spacial score (nSPS) is 12.1. The summed E-state index contributed by atoms with van der Waals surface area (Å²) in [7, 11) is -3.63. The molecule has 0 fully saturated rings. The van der Waals surface area contributed by atoms with Crippen LogP contribution in [0.3, 0.4) is 0 Å². The van der Waals surface area contributed by atoms with Crippen LogP contribution in [0.5, 0.6) is 0 Å². The number of rotatable bonds is 13. The number of amides is 2. The van der Waals surface area contributed by atoms with E-state index in [0.717, 1.165) is 28.1 Å². The molecule has 2 aromatic rings. The molecule has 2 amide bonds. The number of benzene rings is 2. The molecule has 0 unspecified atom stereocenters. The molecule has 0 saturated carbocycles. The molecule has 0 bridgehead atoms. The largest absolute Gasteiger partial charge is 0.354 e. The lowest BCUT2D eigenvalue weighted by atomic mass is 10.1. The highest BCUT2D eigenvalue weighted by molar-refractivity contribution is 7.92. The summed E-state index contributed by atoms with van der Waals surface area (Å²) in [5.74, 6) is -0.879. The Labute approximate surface area is 208 Å². The van der Waals surface area contributed by atoms with Crippen LogP contribution in [0.25, 0.3) is 0 Å². The van der Waals surface area contributed by atoms with Crippen molar-refractivity contribution in [3.63, 3.8) is 0 Å². The Morgan fingerprint density at radius 1 is 1.06 bits per heavy atom. The predicted molar refractivity (Wildman–Crippen MR) is 137 cm³/mol. The smallest absolute Gasteiger partial charge is 0.242 e. The Bertz CT molecular complexity index is 1090. The van der Waals surface area contributed by atoms with Crippen LogP contribution in [0, 0.1) is 12.7 Å². The molecule has 1 N–H and O–H groups in total. The Hall–Kier alpha value is -2.94. The summed E-state index contributed by atoms with van der Waals surface area (Å²) in [6.07, 6.45) is 2.64. The summed E-state index contributed by atoms with van der Waals surface area (Å²) in [6, 6.07) is 12.3. The van der Waals surface area contributed by atoms with E-state index in [4.69, 9.17) is 0 Å². The van der Waals surface area contributed by atoms with E-state index in [2.05, 4.69) is 5.32 Å². The first kappa shape index (κ1) is 28.3. The molecule has 9 heteroatoms. The fourth-order valence-corrected chi connectivity index (χ4v) is 4.83. The van der Waals surface area contributed by atoms with Crippen molar-refractivity contribution >= 4 is 27.5 Å². The van der Waals surface area contributed by atoms with Crippen LogP contribution in [0.1, 0.15) is 50.7 Å². The third-order valence-electron chi connectivity index (χ3n) is 5.80. The van der Waals surface area contributed by atoms with Crippen molar-refractivity contribution in [3.8, 4) is 0 Å². The van der Waals surface area contributed by atoms with Gasteiger partial charge in [-0.2, -0.15) is 0 Å². The van der Waals surface area contributed by atoms with Crippen LogP contribution in [-0.4, -0.2) is 50.5 Å². The van der Waals surface area contributed by atoms with Crippen molar-refractivity contribution in [1.29, 1.82) is 0 Å². The van der Waals surface area contributed by atoms with E-state index in [-0.39, 0.29) is 37.7 Å². The van der Waals surface area contributed by atoms with Gasteiger partial charge >= 0.3 is 0 Å². The highest BCUT2D eigenvalue weighted by atomic mass is 32.2. The summed E-state index contributed by atoms with van der Waals surface area (Å²) < 4.78 is 39.1. The number of hydrogen-bond donors (Lipinski definition) is 1. The minimum Gasteiger partial charge on any atom is -0.354 e. The van der Waals surface area contributed by atoms with Crippen LogP contribution in [-0.2, 0) is 26.2 Å². The van der Waals surface area contributed by atoms with E-state index in [0.29, 0.717) is 18.7 Å². The van der Waals surface area contributed by atoms with Gasteiger partial charge in [0, 0.05) is 26.1 Å².